The molecule has 0 aliphatic carbocycles. The maximum absolute atomic E-state index is 5.16. The van der Waals surface area contributed by atoms with Crippen molar-refractivity contribution in [3.63, 3.8) is 0 Å². The number of rotatable bonds is 4. The first kappa shape index (κ1) is 10.4. The maximum atomic E-state index is 5.16. The third-order valence-electron chi connectivity index (χ3n) is 0.981. The van der Waals surface area contributed by atoms with Crippen LogP contribution in [0.25, 0.3) is 0 Å². The summed E-state index contributed by atoms with van der Waals surface area (Å²) in [5, 5.41) is 0. The molecule has 64 valence electrons. The molecule has 3 N–H and O–H groups in total. The molecule has 0 aliphatic rings. The van der Waals surface area contributed by atoms with Gasteiger partial charge in [0.25, 0.3) is 0 Å². The van der Waals surface area contributed by atoms with Crippen LogP contribution in [0.15, 0.2) is 0 Å². The predicted molar refractivity (Wildman–Crippen MR) is 42.6 cm³/mol. The van der Waals surface area contributed by atoms with E-state index in [1.807, 2.05) is 13.8 Å². The van der Waals surface area contributed by atoms with Crippen LogP contribution in [0.3, 0.4) is 0 Å². The van der Waals surface area contributed by atoms with Crippen molar-refractivity contribution in [2.75, 3.05) is 19.8 Å². The highest BCUT2D eigenvalue weighted by atomic mass is 16.7. The molecule has 0 spiro atoms. The standard InChI is InChI=1S/C8H15NO2/c1-3-10-8(11-4-2)6-5-7-9/h8H,3-4,7,9H2,1-2H3/p+1. The Bertz CT molecular complexity index is 131. The summed E-state index contributed by atoms with van der Waals surface area (Å²) in [6.07, 6.45) is -0.369. The number of hydrogen-bond acceptors (Lipinski definition) is 2. The zero-order valence-corrected chi connectivity index (χ0v) is 7.22. The lowest BCUT2D eigenvalue weighted by Crippen LogP contribution is -2.49. The quantitative estimate of drug-likeness (QED) is 0.448. The number of hydrogen-bond donors (Lipinski definition) is 1. The lowest BCUT2D eigenvalue weighted by Gasteiger charge is -2.09. The van der Waals surface area contributed by atoms with E-state index in [1.54, 1.807) is 0 Å². The second-order valence-electron chi connectivity index (χ2n) is 1.81. The highest BCUT2D eigenvalue weighted by Crippen LogP contribution is 1.91. The third-order valence-corrected chi connectivity index (χ3v) is 0.981. The molecule has 0 rings (SSSR count). The zero-order valence-electron chi connectivity index (χ0n) is 7.22. The lowest BCUT2D eigenvalue weighted by molar-refractivity contribution is -0.349. The van der Waals surface area contributed by atoms with Crippen molar-refractivity contribution in [2.24, 2.45) is 0 Å². The minimum Gasteiger partial charge on any atom is -0.347 e. The molecule has 0 saturated carbocycles. The number of quaternary nitrogens is 1. The molecule has 0 aromatic heterocycles. The van der Waals surface area contributed by atoms with Crippen LogP contribution in [0.4, 0.5) is 0 Å². The third kappa shape index (κ3) is 5.86. The van der Waals surface area contributed by atoms with Gasteiger partial charge in [-0.1, -0.05) is 0 Å². The van der Waals surface area contributed by atoms with Gasteiger partial charge in [0, 0.05) is 13.2 Å². The van der Waals surface area contributed by atoms with Gasteiger partial charge in [0.15, 0.2) is 0 Å². The van der Waals surface area contributed by atoms with Crippen molar-refractivity contribution >= 4 is 0 Å². The molecule has 0 radical (unpaired) electrons. The van der Waals surface area contributed by atoms with Crippen LogP contribution in [-0.4, -0.2) is 26.0 Å². The maximum Gasteiger partial charge on any atom is 0.222 e. The van der Waals surface area contributed by atoms with Gasteiger partial charge in [-0.2, -0.15) is 0 Å². The Kier molecular flexibility index (Phi) is 7.16. The molecule has 11 heavy (non-hydrogen) atoms. The van der Waals surface area contributed by atoms with E-state index in [-0.39, 0.29) is 6.29 Å². The predicted octanol–water partition coefficient (Wildman–Crippen LogP) is -0.369. The minimum atomic E-state index is -0.369. The largest absolute Gasteiger partial charge is 0.347 e. The van der Waals surface area contributed by atoms with Crippen LogP contribution in [0.1, 0.15) is 13.8 Å². The van der Waals surface area contributed by atoms with Crippen LogP contribution in [0.2, 0.25) is 0 Å². The van der Waals surface area contributed by atoms with Crippen molar-refractivity contribution in [1.29, 1.82) is 0 Å². The van der Waals surface area contributed by atoms with Crippen LogP contribution >= 0.6 is 0 Å². The second-order valence-corrected chi connectivity index (χ2v) is 1.81. The molecule has 0 aromatic carbocycles. The molecular weight excluding hydrogens is 142 g/mol. The van der Waals surface area contributed by atoms with Gasteiger partial charge in [-0.25, -0.2) is 0 Å². The van der Waals surface area contributed by atoms with E-state index in [9.17, 15) is 0 Å². The van der Waals surface area contributed by atoms with Gasteiger partial charge in [-0.3, -0.25) is 0 Å². The molecule has 0 unspecified atom stereocenters. The summed E-state index contributed by atoms with van der Waals surface area (Å²) in [5.41, 5.74) is 3.59. The SMILES string of the molecule is CCOC(C#CC[NH3+])OCC. The molecule has 3 heteroatoms. The highest BCUT2D eigenvalue weighted by Gasteiger charge is 2.00. The average molecular weight is 158 g/mol. The van der Waals surface area contributed by atoms with Crippen molar-refractivity contribution < 1.29 is 15.2 Å². The molecule has 0 amide bonds. The summed E-state index contributed by atoms with van der Waals surface area (Å²) >= 11 is 0. The Morgan fingerprint density at radius 3 is 2.18 bits per heavy atom. The molecule has 0 fully saturated rings. The summed E-state index contributed by atoms with van der Waals surface area (Å²) in [7, 11) is 0. The molecule has 0 aromatic rings. The Morgan fingerprint density at radius 1 is 1.27 bits per heavy atom. The van der Waals surface area contributed by atoms with Gasteiger partial charge < -0.3 is 15.2 Å². The van der Waals surface area contributed by atoms with Crippen molar-refractivity contribution in [3.05, 3.63) is 0 Å². The number of ether oxygens (including phenoxy) is 2. The van der Waals surface area contributed by atoms with Gasteiger partial charge in [-0.15, -0.1) is 0 Å². The molecule has 0 heterocycles. The normalized spacial score (nSPS) is 9.45. The fourth-order valence-corrected chi connectivity index (χ4v) is 0.590. The van der Waals surface area contributed by atoms with Crippen molar-refractivity contribution in [2.45, 2.75) is 20.1 Å². The first-order chi connectivity index (χ1) is 5.35. The van der Waals surface area contributed by atoms with Crippen molar-refractivity contribution in [1.82, 2.24) is 0 Å². The summed E-state index contributed by atoms with van der Waals surface area (Å²) in [5.74, 6) is 5.62. The van der Waals surface area contributed by atoms with Gasteiger partial charge in [0.2, 0.25) is 6.29 Å². The summed E-state index contributed by atoms with van der Waals surface area (Å²) in [4.78, 5) is 0. The van der Waals surface area contributed by atoms with Gasteiger partial charge in [0.05, 0.1) is 0 Å². The zero-order chi connectivity index (χ0) is 8.53. The van der Waals surface area contributed by atoms with E-state index in [0.29, 0.717) is 19.8 Å². The molecule has 0 aliphatic heterocycles. The molecule has 0 atom stereocenters. The topological polar surface area (TPSA) is 46.1 Å². The molecular formula is C8H16NO2+. The van der Waals surface area contributed by atoms with E-state index in [0.717, 1.165) is 0 Å². The van der Waals surface area contributed by atoms with E-state index in [4.69, 9.17) is 9.47 Å². The smallest absolute Gasteiger partial charge is 0.222 e. The average Bonchev–Trinajstić information content (AvgIpc) is 2.01. The summed E-state index contributed by atoms with van der Waals surface area (Å²) in [6.45, 7) is 5.67. The van der Waals surface area contributed by atoms with Crippen LogP contribution in [0.5, 0.6) is 0 Å². The molecule has 3 nitrogen and oxygen atoms in total. The molecule has 0 bridgehead atoms. The Balaban J connectivity index is 3.68. The van der Waals surface area contributed by atoms with Gasteiger partial charge >= 0.3 is 0 Å². The fraction of sp³-hybridized carbons (Fsp3) is 0.750. The highest BCUT2D eigenvalue weighted by molar-refractivity contribution is 5.01. The van der Waals surface area contributed by atoms with E-state index in [2.05, 4.69) is 17.6 Å². The fourth-order valence-electron chi connectivity index (χ4n) is 0.590. The second kappa shape index (κ2) is 7.55. The first-order valence-electron chi connectivity index (χ1n) is 3.86. The van der Waals surface area contributed by atoms with E-state index < -0.39 is 0 Å². The van der Waals surface area contributed by atoms with Crippen LogP contribution in [0, 0.1) is 11.8 Å². The summed E-state index contributed by atoms with van der Waals surface area (Å²) in [6, 6.07) is 0. The van der Waals surface area contributed by atoms with Crippen molar-refractivity contribution in [3.8, 4) is 11.8 Å². The minimum absolute atomic E-state index is 0.369. The Morgan fingerprint density at radius 2 is 1.82 bits per heavy atom. The van der Waals surface area contributed by atoms with E-state index >= 15 is 0 Å². The van der Waals surface area contributed by atoms with E-state index in [1.165, 1.54) is 0 Å². The van der Waals surface area contributed by atoms with Gasteiger partial charge in [0.1, 0.15) is 6.54 Å². The van der Waals surface area contributed by atoms with Crippen LogP contribution in [-0.2, 0) is 9.47 Å². The van der Waals surface area contributed by atoms with Gasteiger partial charge in [-0.05, 0) is 25.7 Å². The summed E-state index contributed by atoms with van der Waals surface area (Å²) < 4.78 is 10.3. The lowest BCUT2D eigenvalue weighted by atomic mass is 10.5. The first-order valence-corrected chi connectivity index (χ1v) is 3.86. The van der Waals surface area contributed by atoms with Crippen LogP contribution < -0.4 is 5.73 Å². The Hall–Kier alpha value is -0.560. The monoisotopic (exact) mass is 158 g/mol. The Labute approximate surface area is 67.9 Å². The molecule has 0 saturated heterocycles.